The second-order valence-corrected chi connectivity index (χ2v) is 16.8. The van der Waals surface area contributed by atoms with Crippen LogP contribution in [-0.2, 0) is 14.3 Å². The second-order valence-electron chi connectivity index (χ2n) is 16.8. The summed E-state index contributed by atoms with van der Waals surface area (Å²) in [6, 6.07) is 0. The first kappa shape index (κ1) is 58.3. The lowest BCUT2D eigenvalue weighted by atomic mass is 10.0. The first-order valence-corrected chi connectivity index (χ1v) is 25.8. The van der Waals surface area contributed by atoms with E-state index in [0.717, 1.165) is 70.6 Å². The predicted molar refractivity (Wildman–Crippen MR) is 269 cm³/mol. The molecule has 0 aromatic rings. The number of rotatable bonds is 47. The Hall–Kier alpha value is -2.69. The Bertz CT molecular complexity index is 1120. The standard InChI is InChI=1S/C57H98O4/c1-3-5-7-9-11-13-15-17-19-21-23-25-27-28-29-31-33-35-37-39-41-43-45-47-49-51-53-60-55-56(54-58)61-57(59)52-50-48-46-44-42-40-38-36-34-32-30-26-24-22-20-18-16-14-12-10-8-6-4-2/h5-8,11-14,17-20,23-26,56,58H,3-4,9-10,15-16,21-22,27-55H2,1-2H3/b7-5-,8-6-,13-11-,14-12-,19-17-,20-18-,25-23-,26-24-. The van der Waals surface area contributed by atoms with Crippen LogP contribution in [0.25, 0.3) is 0 Å². The largest absolute Gasteiger partial charge is 0.457 e. The first-order valence-electron chi connectivity index (χ1n) is 25.8. The summed E-state index contributed by atoms with van der Waals surface area (Å²) in [5.74, 6) is -0.207. The molecule has 1 unspecified atom stereocenters. The van der Waals surface area contributed by atoms with Gasteiger partial charge in [-0.2, -0.15) is 0 Å². The highest BCUT2D eigenvalue weighted by molar-refractivity contribution is 5.69. The van der Waals surface area contributed by atoms with Gasteiger partial charge in [-0.1, -0.05) is 233 Å². The van der Waals surface area contributed by atoms with Crippen LogP contribution in [-0.4, -0.2) is 37.0 Å². The Morgan fingerprint density at radius 2 is 0.689 bits per heavy atom. The number of carbonyl (C=O) groups is 1. The zero-order valence-electron chi connectivity index (χ0n) is 40.1. The second kappa shape index (κ2) is 53.4. The van der Waals surface area contributed by atoms with Crippen molar-refractivity contribution in [2.45, 2.75) is 238 Å². The van der Waals surface area contributed by atoms with Crippen LogP contribution in [0.4, 0.5) is 0 Å². The molecule has 4 heteroatoms. The van der Waals surface area contributed by atoms with E-state index in [0.29, 0.717) is 13.0 Å². The van der Waals surface area contributed by atoms with E-state index in [9.17, 15) is 9.90 Å². The molecule has 1 atom stereocenters. The van der Waals surface area contributed by atoms with Crippen LogP contribution in [0.15, 0.2) is 97.2 Å². The molecule has 0 saturated carbocycles. The molecule has 0 amide bonds. The molecule has 0 heterocycles. The molecule has 61 heavy (non-hydrogen) atoms. The molecule has 0 aliphatic heterocycles. The number of unbranched alkanes of at least 4 members (excludes halogenated alkanes) is 23. The normalized spacial score (nSPS) is 13.2. The minimum atomic E-state index is -0.544. The SMILES string of the molecule is CC/C=C\C/C=C\C/C=C\C/C=C\CCCCCCCCCCCCCCCOCC(CO)OC(=O)CCCCCCCCCCCC/C=C\C/C=C\C/C=C\C/C=C\CC. The van der Waals surface area contributed by atoms with E-state index in [4.69, 9.17) is 9.47 Å². The third-order valence-electron chi connectivity index (χ3n) is 10.9. The lowest BCUT2D eigenvalue weighted by molar-refractivity contribution is -0.154. The number of allylic oxidation sites excluding steroid dienone is 16. The number of esters is 1. The predicted octanol–water partition coefficient (Wildman–Crippen LogP) is 17.7. The lowest BCUT2D eigenvalue weighted by Gasteiger charge is -2.16. The van der Waals surface area contributed by atoms with Crippen molar-refractivity contribution in [1.29, 1.82) is 0 Å². The van der Waals surface area contributed by atoms with Crippen molar-refractivity contribution >= 4 is 5.97 Å². The van der Waals surface area contributed by atoms with Gasteiger partial charge in [0.2, 0.25) is 0 Å². The van der Waals surface area contributed by atoms with Crippen LogP contribution in [0.5, 0.6) is 0 Å². The van der Waals surface area contributed by atoms with Gasteiger partial charge in [0, 0.05) is 13.0 Å². The first-order chi connectivity index (χ1) is 30.2. The zero-order valence-corrected chi connectivity index (χ0v) is 40.1. The van der Waals surface area contributed by atoms with Crippen LogP contribution < -0.4 is 0 Å². The summed E-state index contributed by atoms with van der Waals surface area (Å²) >= 11 is 0. The third-order valence-corrected chi connectivity index (χ3v) is 10.9. The summed E-state index contributed by atoms with van der Waals surface area (Å²) < 4.78 is 11.2. The van der Waals surface area contributed by atoms with E-state index < -0.39 is 6.10 Å². The van der Waals surface area contributed by atoms with Crippen molar-refractivity contribution in [3.63, 3.8) is 0 Å². The minimum absolute atomic E-state index is 0.178. The van der Waals surface area contributed by atoms with Crippen LogP contribution in [0, 0.1) is 0 Å². The van der Waals surface area contributed by atoms with Crippen molar-refractivity contribution in [3.8, 4) is 0 Å². The molecule has 0 saturated heterocycles. The van der Waals surface area contributed by atoms with Gasteiger partial charge in [0.1, 0.15) is 6.10 Å². The Labute approximate surface area is 379 Å². The van der Waals surface area contributed by atoms with Gasteiger partial charge in [0.25, 0.3) is 0 Å². The fourth-order valence-electron chi connectivity index (χ4n) is 7.14. The summed E-state index contributed by atoms with van der Waals surface area (Å²) in [7, 11) is 0. The Kier molecular flexibility index (Phi) is 51.1. The van der Waals surface area contributed by atoms with Crippen LogP contribution >= 0.6 is 0 Å². The fraction of sp³-hybridized carbons (Fsp3) is 0.702. The molecular formula is C57H98O4. The van der Waals surface area contributed by atoms with Gasteiger partial charge >= 0.3 is 5.97 Å². The van der Waals surface area contributed by atoms with Crippen LogP contribution in [0.1, 0.15) is 232 Å². The number of aliphatic hydroxyl groups excluding tert-OH is 1. The van der Waals surface area contributed by atoms with Gasteiger partial charge in [-0.15, -0.1) is 0 Å². The van der Waals surface area contributed by atoms with Crippen LogP contribution in [0.2, 0.25) is 0 Å². The third kappa shape index (κ3) is 51.6. The highest BCUT2D eigenvalue weighted by Gasteiger charge is 2.13. The molecule has 0 aromatic heterocycles. The van der Waals surface area contributed by atoms with Gasteiger partial charge in [-0.3, -0.25) is 4.79 Å². The molecule has 350 valence electrons. The Morgan fingerprint density at radius 1 is 0.393 bits per heavy atom. The topological polar surface area (TPSA) is 55.8 Å². The van der Waals surface area contributed by atoms with E-state index in [1.807, 2.05) is 0 Å². The maximum Gasteiger partial charge on any atom is 0.306 e. The van der Waals surface area contributed by atoms with Crippen molar-refractivity contribution in [1.82, 2.24) is 0 Å². The molecule has 0 radical (unpaired) electrons. The Balaban J connectivity index is 3.44. The summed E-state index contributed by atoms with van der Waals surface area (Å²) in [4.78, 5) is 12.3. The van der Waals surface area contributed by atoms with Gasteiger partial charge in [0.05, 0.1) is 13.2 Å². The zero-order chi connectivity index (χ0) is 44.0. The van der Waals surface area contributed by atoms with E-state index in [-0.39, 0.29) is 19.2 Å². The summed E-state index contributed by atoms with van der Waals surface area (Å²) in [6.07, 6.45) is 76.4. The van der Waals surface area contributed by atoms with Gasteiger partial charge < -0.3 is 14.6 Å². The maximum absolute atomic E-state index is 12.3. The average Bonchev–Trinajstić information content (AvgIpc) is 3.27. The molecule has 4 nitrogen and oxygen atoms in total. The quantitative estimate of drug-likeness (QED) is 0.0377. The molecular weight excluding hydrogens is 749 g/mol. The highest BCUT2D eigenvalue weighted by atomic mass is 16.6. The number of aliphatic hydroxyl groups is 1. The van der Waals surface area contributed by atoms with Gasteiger partial charge in [-0.05, 0) is 89.9 Å². The van der Waals surface area contributed by atoms with Crippen molar-refractivity contribution in [2.24, 2.45) is 0 Å². The minimum Gasteiger partial charge on any atom is -0.457 e. The fourth-order valence-corrected chi connectivity index (χ4v) is 7.14. The summed E-state index contributed by atoms with van der Waals surface area (Å²) in [5.41, 5.74) is 0. The van der Waals surface area contributed by atoms with Crippen LogP contribution in [0.3, 0.4) is 0 Å². The number of ether oxygens (including phenoxy) is 2. The summed E-state index contributed by atoms with van der Waals surface area (Å²) in [6.45, 7) is 5.12. The average molecular weight is 847 g/mol. The molecule has 0 aromatic carbocycles. The van der Waals surface area contributed by atoms with Gasteiger partial charge in [0.15, 0.2) is 0 Å². The smallest absolute Gasteiger partial charge is 0.306 e. The van der Waals surface area contributed by atoms with Gasteiger partial charge in [-0.25, -0.2) is 0 Å². The highest BCUT2D eigenvalue weighted by Crippen LogP contribution is 2.15. The monoisotopic (exact) mass is 847 g/mol. The van der Waals surface area contributed by atoms with Crippen molar-refractivity contribution in [2.75, 3.05) is 19.8 Å². The number of hydrogen-bond acceptors (Lipinski definition) is 4. The maximum atomic E-state index is 12.3. The molecule has 0 spiro atoms. The molecule has 0 fully saturated rings. The lowest BCUT2D eigenvalue weighted by Crippen LogP contribution is -2.27. The Morgan fingerprint density at radius 3 is 1.03 bits per heavy atom. The van der Waals surface area contributed by atoms with Crippen molar-refractivity contribution in [3.05, 3.63) is 97.2 Å². The van der Waals surface area contributed by atoms with E-state index >= 15 is 0 Å². The summed E-state index contributed by atoms with van der Waals surface area (Å²) in [5, 5.41) is 9.66. The van der Waals surface area contributed by atoms with E-state index in [2.05, 4.69) is 111 Å². The van der Waals surface area contributed by atoms with E-state index in [1.54, 1.807) is 0 Å². The van der Waals surface area contributed by atoms with E-state index in [1.165, 1.54) is 141 Å². The molecule has 0 bridgehead atoms. The molecule has 0 aliphatic carbocycles. The number of hydrogen-bond donors (Lipinski definition) is 1. The van der Waals surface area contributed by atoms with Crippen molar-refractivity contribution < 1.29 is 19.4 Å². The molecule has 0 rings (SSSR count). The molecule has 0 aliphatic rings. The molecule has 1 N–H and O–H groups in total. The number of carbonyl (C=O) groups excluding carboxylic acids is 1.